The van der Waals surface area contributed by atoms with E-state index >= 15 is 0 Å². The van der Waals surface area contributed by atoms with Gasteiger partial charge in [0.05, 0.1) is 0 Å². The van der Waals surface area contributed by atoms with E-state index in [1.54, 1.807) is 6.07 Å². The monoisotopic (exact) mass is 201 g/mol. The molecule has 1 N–H and O–H groups in total. The lowest BCUT2D eigenvalue weighted by Gasteiger charge is -2.11. The number of aromatic nitrogens is 1. The maximum Gasteiger partial charge on any atom is 0.119 e. The summed E-state index contributed by atoms with van der Waals surface area (Å²) in [6, 6.07) is 9.68. The molecule has 1 aromatic heterocycles. The molecule has 1 aromatic carbocycles. The topological polar surface area (TPSA) is 25.2 Å². The molecule has 0 bridgehead atoms. The second-order valence-corrected chi connectivity index (χ2v) is 3.99. The molecule has 2 rings (SSSR count). The van der Waals surface area contributed by atoms with Crippen LogP contribution in [0.15, 0.2) is 42.7 Å². The third kappa shape index (κ3) is 1.89. The fourth-order valence-electron chi connectivity index (χ4n) is 1.67. The molecule has 0 fully saturated rings. The predicted octanol–water partition coefficient (Wildman–Crippen LogP) is 3.31. The Morgan fingerprint density at radius 1 is 1.13 bits per heavy atom. The molecule has 0 saturated heterocycles. The number of nitrogens with zero attached hydrogens (tertiary/aromatic N) is 1. The van der Waals surface area contributed by atoms with Gasteiger partial charge < -0.3 is 9.67 Å². The number of aromatic hydroxyl groups is 1. The standard InChI is InChI=1S/C13H15NO/c1-10(2)12-9-11(5-6-13(12)15)14-7-3-4-8-14/h3-10,15H,1-2H3. The summed E-state index contributed by atoms with van der Waals surface area (Å²) >= 11 is 0. The van der Waals surface area contributed by atoms with E-state index in [0.717, 1.165) is 11.3 Å². The minimum absolute atomic E-state index is 0.334. The first-order valence-corrected chi connectivity index (χ1v) is 5.15. The van der Waals surface area contributed by atoms with Gasteiger partial charge in [0.25, 0.3) is 0 Å². The van der Waals surface area contributed by atoms with E-state index in [9.17, 15) is 5.11 Å². The van der Waals surface area contributed by atoms with E-state index in [1.807, 2.05) is 41.2 Å². The lowest BCUT2D eigenvalue weighted by atomic mass is 10.0. The molecule has 0 aliphatic heterocycles. The highest BCUT2D eigenvalue weighted by molar-refractivity contribution is 5.45. The number of hydrogen-bond donors (Lipinski definition) is 1. The van der Waals surface area contributed by atoms with Gasteiger partial charge in [-0.2, -0.15) is 0 Å². The predicted molar refractivity (Wildman–Crippen MR) is 61.5 cm³/mol. The molecule has 15 heavy (non-hydrogen) atoms. The third-order valence-corrected chi connectivity index (χ3v) is 2.54. The third-order valence-electron chi connectivity index (χ3n) is 2.54. The van der Waals surface area contributed by atoms with Gasteiger partial charge in [-0.15, -0.1) is 0 Å². The number of rotatable bonds is 2. The van der Waals surface area contributed by atoms with Crippen molar-refractivity contribution in [2.75, 3.05) is 0 Å². The molecule has 0 saturated carbocycles. The second-order valence-electron chi connectivity index (χ2n) is 3.99. The van der Waals surface area contributed by atoms with Crippen molar-refractivity contribution in [3.8, 4) is 11.4 Å². The number of phenolic OH excluding ortho intramolecular Hbond substituents is 1. The first kappa shape index (κ1) is 9.84. The van der Waals surface area contributed by atoms with E-state index in [1.165, 1.54) is 0 Å². The number of hydrogen-bond acceptors (Lipinski definition) is 1. The van der Waals surface area contributed by atoms with Crippen molar-refractivity contribution in [2.45, 2.75) is 19.8 Å². The molecule has 0 aliphatic carbocycles. The maximum atomic E-state index is 9.69. The highest BCUT2D eigenvalue weighted by Gasteiger charge is 2.07. The highest BCUT2D eigenvalue weighted by Crippen LogP contribution is 2.27. The van der Waals surface area contributed by atoms with Crippen molar-refractivity contribution in [3.05, 3.63) is 48.3 Å². The zero-order valence-corrected chi connectivity index (χ0v) is 9.01. The van der Waals surface area contributed by atoms with Crippen LogP contribution in [0.1, 0.15) is 25.3 Å². The fraction of sp³-hybridized carbons (Fsp3) is 0.231. The van der Waals surface area contributed by atoms with Crippen LogP contribution in [0.5, 0.6) is 5.75 Å². The lowest BCUT2D eigenvalue weighted by molar-refractivity contribution is 0.464. The van der Waals surface area contributed by atoms with Crippen molar-refractivity contribution in [1.29, 1.82) is 0 Å². The Morgan fingerprint density at radius 2 is 1.80 bits per heavy atom. The van der Waals surface area contributed by atoms with E-state index in [2.05, 4.69) is 13.8 Å². The number of phenols is 1. The van der Waals surface area contributed by atoms with Gasteiger partial charge >= 0.3 is 0 Å². The summed E-state index contributed by atoms with van der Waals surface area (Å²) in [5, 5.41) is 9.69. The minimum atomic E-state index is 0.334. The van der Waals surface area contributed by atoms with E-state index < -0.39 is 0 Å². The quantitative estimate of drug-likeness (QED) is 0.792. The van der Waals surface area contributed by atoms with Crippen molar-refractivity contribution >= 4 is 0 Å². The zero-order chi connectivity index (χ0) is 10.8. The first-order valence-electron chi connectivity index (χ1n) is 5.15. The Kier molecular flexibility index (Phi) is 2.50. The molecule has 2 heteroatoms. The van der Waals surface area contributed by atoms with Gasteiger partial charge in [0.15, 0.2) is 0 Å². The van der Waals surface area contributed by atoms with Crippen molar-refractivity contribution < 1.29 is 5.11 Å². The Morgan fingerprint density at radius 3 is 2.40 bits per heavy atom. The fourth-order valence-corrected chi connectivity index (χ4v) is 1.67. The van der Waals surface area contributed by atoms with Gasteiger partial charge in [-0.05, 0) is 41.8 Å². The van der Waals surface area contributed by atoms with Gasteiger partial charge in [0.2, 0.25) is 0 Å². The molecule has 2 aromatic rings. The molecule has 0 radical (unpaired) electrons. The van der Waals surface area contributed by atoms with Crippen LogP contribution in [0.3, 0.4) is 0 Å². The molecule has 78 valence electrons. The van der Waals surface area contributed by atoms with Crippen molar-refractivity contribution in [3.63, 3.8) is 0 Å². The average molecular weight is 201 g/mol. The molecular formula is C13H15NO. The summed E-state index contributed by atoms with van der Waals surface area (Å²) in [5.74, 6) is 0.710. The lowest BCUT2D eigenvalue weighted by Crippen LogP contribution is -1.94. The largest absolute Gasteiger partial charge is 0.508 e. The van der Waals surface area contributed by atoms with E-state index in [-0.39, 0.29) is 0 Å². The Bertz CT molecular complexity index is 444. The van der Waals surface area contributed by atoms with Crippen LogP contribution in [-0.4, -0.2) is 9.67 Å². The SMILES string of the molecule is CC(C)c1cc(-n2cccc2)ccc1O. The molecule has 0 atom stereocenters. The summed E-state index contributed by atoms with van der Waals surface area (Å²) < 4.78 is 2.03. The highest BCUT2D eigenvalue weighted by atomic mass is 16.3. The average Bonchev–Trinajstić information content (AvgIpc) is 2.71. The normalized spacial score (nSPS) is 10.9. The summed E-state index contributed by atoms with van der Waals surface area (Å²) in [6.45, 7) is 4.16. The summed E-state index contributed by atoms with van der Waals surface area (Å²) in [6.07, 6.45) is 3.99. The summed E-state index contributed by atoms with van der Waals surface area (Å²) in [7, 11) is 0. The van der Waals surface area contributed by atoms with Gasteiger partial charge in [-0.1, -0.05) is 13.8 Å². The second kappa shape index (κ2) is 3.81. The van der Waals surface area contributed by atoms with Crippen LogP contribution >= 0.6 is 0 Å². The van der Waals surface area contributed by atoms with Crippen LogP contribution < -0.4 is 0 Å². The first-order chi connectivity index (χ1) is 7.18. The van der Waals surface area contributed by atoms with Crippen LogP contribution in [-0.2, 0) is 0 Å². The van der Waals surface area contributed by atoms with Crippen molar-refractivity contribution in [1.82, 2.24) is 4.57 Å². The van der Waals surface area contributed by atoms with E-state index in [4.69, 9.17) is 0 Å². The summed E-state index contributed by atoms with van der Waals surface area (Å²) in [5.41, 5.74) is 2.07. The van der Waals surface area contributed by atoms with Crippen LogP contribution in [0, 0.1) is 0 Å². The molecule has 0 aliphatic rings. The zero-order valence-electron chi connectivity index (χ0n) is 9.01. The molecule has 0 amide bonds. The molecule has 0 spiro atoms. The van der Waals surface area contributed by atoms with Gasteiger partial charge in [0.1, 0.15) is 5.75 Å². The van der Waals surface area contributed by atoms with Crippen LogP contribution in [0.25, 0.3) is 5.69 Å². The van der Waals surface area contributed by atoms with E-state index in [0.29, 0.717) is 11.7 Å². The van der Waals surface area contributed by atoms with Crippen LogP contribution in [0.2, 0.25) is 0 Å². The van der Waals surface area contributed by atoms with Gasteiger partial charge in [-0.3, -0.25) is 0 Å². The van der Waals surface area contributed by atoms with Crippen LogP contribution in [0.4, 0.5) is 0 Å². The Balaban J connectivity index is 2.48. The van der Waals surface area contributed by atoms with Gasteiger partial charge in [0, 0.05) is 18.1 Å². The summed E-state index contributed by atoms with van der Waals surface area (Å²) in [4.78, 5) is 0. The van der Waals surface area contributed by atoms with Crippen molar-refractivity contribution in [2.24, 2.45) is 0 Å². The Hall–Kier alpha value is -1.70. The smallest absolute Gasteiger partial charge is 0.119 e. The Labute approximate surface area is 89.8 Å². The van der Waals surface area contributed by atoms with Gasteiger partial charge in [-0.25, -0.2) is 0 Å². The molecule has 1 heterocycles. The molecular weight excluding hydrogens is 186 g/mol. The maximum absolute atomic E-state index is 9.69. The molecule has 2 nitrogen and oxygen atoms in total. The minimum Gasteiger partial charge on any atom is -0.508 e. The number of benzene rings is 1. The molecule has 0 unspecified atom stereocenters.